The molecule has 9 heteroatoms. The van der Waals surface area contributed by atoms with Gasteiger partial charge in [0.25, 0.3) is 0 Å². The van der Waals surface area contributed by atoms with Crippen LogP contribution in [0.2, 0.25) is 0 Å². The lowest BCUT2D eigenvalue weighted by molar-refractivity contribution is -0.113. The number of methoxy groups -OCH3 is 1. The Morgan fingerprint density at radius 2 is 1.94 bits per heavy atom. The maximum absolute atomic E-state index is 12.8. The van der Waals surface area contributed by atoms with E-state index < -0.39 is 0 Å². The molecule has 4 rings (SSSR count). The van der Waals surface area contributed by atoms with Crippen molar-refractivity contribution in [1.29, 1.82) is 0 Å². The zero-order valence-electron chi connectivity index (χ0n) is 18.9. The Kier molecular flexibility index (Phi) is 7.88. The smallest absolute Gasteiger partial charge is 0.341 e. The highest BCUT2D eigenvalue weighted by Gasteiger charge is 2.27. The summed E-state index contributed by atoms with van der Waals surface area (Å²) in [6, 6.07) is 0. The first-order valence-electron chi connectivity index (χ1n) is 11.7. The number of hydrogen-bond donors (Lipinski definition) is 1. The van der Waals surface area contributed by atoms with Crippen LogP contribution in [-0.2, 0) is 35.3 Å². The van der Waals surface area contributed by atoms with Crippen LogP contribution in [0, 0.1) is 5.92 Å². The maximum atomic E-state index is 12.8. The molecule has 2 aliphatic carbocycles. The first kappa shape index (κ1) is 23.3. The largest absolute Gasteiger partial charge is 0.465 e. The number of carbonyl (C=O) groups excluding carboxylic acids is 2. The molecule has 2 aliphatic rings. The molecule has 0 atom stereocenters. The van der Waals surface area contributed by atoms with E-state index in [-0.39, 0.29) is 17.6 Å². The zero-order chi connectivity index (χ0) is 22.5. The highest BCUT2D eigenvalue weighted by Crippen LogP contribution is 2.38. The van der Waals surface area contributed by atoms with Crippen LogP contribution in [0.5, 0.6) is 0 Å². The lowest BCUT2D eigenvalue weighted by Crippen LogP contribution is -2.17. The summed E-state index contributed by atoms with van der Waals surface area (Å²) < 4.78 is 7.13. The molecule has 0 unspecified atom stereocenters. The normalized spacial score (nSPS) is 16.6. The molecule has 0 radical (unpaired) electrons. The van der Waals surface area contributed by atoms with E-state index in [2.05, 4.69) is 27.0 Å². The van der Waals surface area contributed by atoms with Crippen LogP contribution >= 0.6 is 23.1 Å². The number of nitrogens with one attached hydrogen (secondary N) is 1. The van der Waals surface area contributed by atoms with Crippen molar-refractivity contribution in [2.24, 2.45) is 5.92 Å². The van der Waals surface area contributed by atoms with Gasteiger partial charge in [-0.05, 0) is 44.1 Å². The van der Waals surface area contributed by atoms with Crippen molar-refractivity contribution >= 4 is 40.0 Å². The summed E-state index contributed by atoms with van der Waals surface area (Å²) >= 11 is 2.91. The minimum absolute atomic E-state index is 0.141. The van der Waals surface area contributed by atoms with Gasteiger partial charge in [-0.25, -0.2) is 4.79 Å². The Morgan fingerprint density at radius 3 is 2.69 bits per heavy atom. The molecule has 0 spiro atoms. The third-order valence-electron chi connectivity index (χ3n) is 6.45. The number of thioether (sulfide) groups is 1. The molecule has 174 valence electrons. The third-order valence-corrected chi connectivity index (χ3v) is 8.63. The van der Waals surface area contributed by atoms with Gasteiger partial charge in [0.05, 0.1) is 18.4 Å². The number of amides is 1. The summed E-state index contributed by atoms with van der Waals surface area (Å²) in [7, 11) is 1.39. The van der Waals surface area contributed by atoms with Gasteiger partial charge in [0, 0.05) is 17.8 Å². The Balaban J connectivity index is 1.40. The lowest BCUT2D eigenvalue weighted by Gasteiger charge is -2.21. The molecule has 0 aliphatic heterocycles. The van der Waals surface area contributed by atoms with Crippen molar-refractivity contribution in [2.45, 2.75) is 82.8 Å². The van der Waals surface area contributed by atoms with Crippen LogP contribution in [-0.4, -0.2) is 39.5 Å². The standard InChI is InChI=1S/C23H32N4O3S2/c1-3-27-18(13-15-9-5-4-6-10-15)25-26-23(27)31-14-19(28)24-21-20(22(29)30-2)16-11-7-8-12-17(16)32-21/h15H,3-14H2,1-2H3,(H,24,28). The van der Waals surface area contributed by atoms with Crippen molar-refractivity contribution in [3.05, 3.63) is 21.8 Å². The zero-order valence-corrected chi connectivity index (χ0v) is 20.6. The van der Waals surface area contributed by atoms with Gasteiger partial charge in [0.15, 0.2) is 5.16 Å². The van der Waals surface area contributed by atoms with E-state index in [9.17, 15) is 9.59 Å². The number of aryl methyl sites for hydroxylation is 1. The molecule has 7 nitrogen and oxygen atoms in total. The first-order valence-corrected chi connectivity index (χ1v) is 13.5. The van der Waals surface area contributed by atoms with E-state index in [1.165, 1.54) is 67.2 Å². The van der Waals surface area contributed by atoms with Gasteiger partial charge in [-0.2, -0.15) is 0 Å². The third kappa shape index (κ3) is 5.20. The fourth-order valence-electron chi connectivity index (χ4n) is 4.81. The van der Waals surface area contributed by atoms with Crippen LogP contribution in [0.4, 0.5) is 5.00 Å². The van der Waals surface area contributed by atoms with Gasteiger partial charge in [0.2, 0.25) is 5.91 Å². The van der Waals surface area contributed by atoms with E-state index in [4.69, 9.17) is 4.74 Å². The molecule has 0 aromatic carbocycles. The fraction of sp³-hybridized carbons (Fsp3) is 0.652. The number of anilines is 1. The highest BCUT2D eigenvalue weighted by atomic mass is 32.2. The second kappa shape index (κ2) is 10.8. The minimum atomic E-state index is -0.370. The van der Waals surface area contributed by atoms with Crippen molar-refractivity contribution in [3.8, 4) is 0 Å². The number of thiophene rings is 1. The fourth-order valence-corrected chi connectivity index (χ4v) is 6.92. The molecule has 2 heterocycles. The Hall–Kier alpha value is -1.87. The monoisotopic (exact) mass is 476 g/mol. The van der Waals surface area contributed by atoms with E-state index in [1.54, 1.807) is 0 Å². The van der Waals surface area contributed by atoms with E-state index in [0.717, 1.165) is 55.2 Å². The number of ether oxygens (including phenoxy) is 1. The highest BCUT2D eigenvalue weighted by molar-refractivity contribution is 7.99. The van der Waals surface area contributed by atoms with Crippen molar-refractivity contribution in [3.63, 3.8) is 0 Å². The molecule has 1 fully saturated rings. The number of fused-ring (bicyclic) bond motifs is 1. The SMILES string of the molecule is CCn1c(CC2CCCCC2)nnc1SCC(=O)Nc1sc2c(c1C(=O)OC)CCCC2. The van der Waals surface area contributed by atoms with Crippen LogP contribution in [0.15, 0.2) is 5.16 Å². The number of esters is 1. The molecule has 0 saturated heterocycles. The number of carbonyl (C=O) groups is 2. The second-order valence-electron chi connectivity index (χ2n) is 8.59. The Bertz CT molecular complexity index is 963. The van der Waals surface area contributed by atoms with Crippen LogP contribution < -0.4 is 5.32 Å². The summed E-state index contributed by atoms with van der Waals surface area (Å²) in [5, 5.41) is 13.2. The second-order valence-corrected chi connectivity index (χ2v) is 10.6. The van der Waals surface area contributed by atoms with Crippen LogP contribution in [0.25, 0.3) is 0 Å². The van der Waals surface area contributed by atoms with Gasteiger partial charge < -0.3 is 14.6 Å². The van der Waals surface area contributed by atoms with E-state index in [1.807, 2.05) is 0 Å². The predicted octanol–water partition coefficient (Wildman–Crippen LogP) is 4.88. The first-order chi connectivity index (χ1) is 15.6. The number of aromatic nitrogens is 3. The summed E-state index contributed by atoms with van der Waals surface area (Å²) in [6.45, 7) is 2.89. The molecular formula is C23H32N4O3S2. The quantitative estimate of drug-likeness (QED) is 0.432. The van der Waals surface area contributed by atoms with Gasteiger partial charge >= 0.3 is 5.97 Å². The van der Waals surface area contributed by atoms with Gasteiger partial charge in [-0.1, -0.05) is 43.9 Å². The van der Waals surface area contributed by atoms with Crippen LogP contribution in [0.1, 0.15) is 78.5 Å². The number of rotatable bonds is 8. The molecule has 0 bridgehead atoms. The average molecular weight is 477 g/mol. The molecule has 1 amide bonds. The molecule has 2 aromatic heterocycles. The molecule has 32 heavy (non-hydrogen) atoms. The molecular weight excluding hydrogens is 444 g/mol. The molecule has 1 saturated carbocycles. The molecule has 1 N–H and O–H groups in total. The summed E-state index contributed by atoms with van der Waals surface area (Å²) in [4.78, 5) is 26.3. The predicted molar refractivity (Wildman–Crippen MR) is 128 cm³/mol. The summed E-state index contributed by atoms with van der Waals surface area (Å²) in [6.07, 6.45) is 11.5. The average Bonchev–Trinajstić information content (AvgIpc) is 3.37. The minimum Gasteiger partial charge on any atom is -0.465 e. The summed E-state index contributed by atoms with van der Waals surface area (Å²) in [5.41, 5.74) is 1.59. The Labute approximate surface area is 197 Å². The maximum Gasteiger partial charge on any atom is 0.341 e. The number of nitrogens with zero attached hydrogens (tertiary/aromatic N) is 3. The van der Waals surface area contributed by atoms with E-state index >= 15 is 0 Å². The van der Waals surface area contributed by atoms with E-state index in [0.29, 0.717) is 16.5 Å². The van der Waals surface area contributed by atoms with Gasteiger partial charge in [-0.15, -0.1) is 21.5 Å². The topological polar surface area (TPSA) is 86.1 Å². The Morgan fingerprint density at radius 1 is 1.16 bits per heavy atom. The summed E-state index contributed by atoms with van der Waals surface area (Å²) in [5.74, 6) is 1.44. The van der Waals surface area contributed by atoms with Crippen molar-refractivity contribution < 1.29 is 14.3 Å². The lowest BCUT2D eigenvalue weighted by atomic mass is 9.87. The van der Waals surface area contributed by atoms with Crippen molar-refractivity contribution in [2.75, 3.05) is 18.2 Å². The van der Waals surface area contributed by atoms with Gasteiger partial charge in [-0.3, -0.25) is 4.79 Å². The number of hydrogen-bond acceptors (Lipinski definition) is 7. The van der Waals surface area contributed by atoms with Gasteiger partial charge in [0.1, 0.15) is 10.8 Å². The van der Waals surface area contributed by atoms with Crippen LogP contribution in [0.3, 0.4) is 0 Å². The molecule has 2 aromatic rings. The van der Waals surface area contributed by atoms with Crippen molar-refractivity contribution in [1.82, 2.24) is 14.8 Å².